The Morgan fingerprint density at radius 3 is 2.32 bits per heavy atom. The van der Waals surface area contributed by atoms with Gasteiger partial charge in [-0.15, -0.1) is 0 Å². The van der Waals surface area contributed by atoms with E-state index in [0.29, 0.717) is 0 Å². The zero-order chi connectivity index (χ0) is 14.0. The van der Waals surface area contributed by atoms with Gasteiger partial charge in [-0.3, -0.25) is 0 Å². The van der Waals surface area contributed by atoms with E-state index in [9.17, 15) is 17.6 Å². The topological polar surface area (TPSA) is 33.1 Å². The van der Waals surface area contributed by atoms with Gasteiger partial charge in [0, 0.05) is 11.1 Å². The molecule has 0 fully saturated rings. The minimum Gasteiger partial charge on any atom is -0.392 e. The summed E-state index contributed by atoms with van der Waals surface area (Å²) < 4.78 is 51.9. The fraction of sp³-hybridized carbons (Fsp3) is 0.154. The van der Waals surface area contributed by atoms with Gasteiger partial charge in [0.15, 0.2) is 0 Å². The van der Waals surface area contributed by atoms with Crippen LogP contribution >= 0.6 is 0 Å². The molecule has 19 heavy (non-hydrogen) atoms. The molecule has 0 aliphatic heterocycles. The van der Waals surface area contributed by atoms with Gasteiger partial charge in [-0.25, -0.2) is 4.98 Å². The maximum absolute atomic E-state index is 13.4. The Morgan fingerprint density at radius 1 is 1.05 bits per heavy atom. The minimum atomic E-state index is -4.54. The van der Waals surface area contributed by atoms with E-state index < -0.39 is 24.3 Å². The van der Waals surface area contributed by atoms with Crippen molar-refractivity contribution < 1.29 is 22.7 Å². The molecule has 1 N–H and O–H groups in total. The lowest BCUT2D eigenvalue weighted by atomic mass is 10.0. The number of rotatable bonds is 2. The van der Waals surface area contributed by atoms with Gasteiger partial charge in [0.25, 0.3) is 0 Å². The Labute approximate surface area is 106 Å². The number of alkyl halides is 3. The normalized spacial score (nSPS) is 11.6. The summed E-state index contributed by atoms with van der Waals surface area (Å²) in [6, 6.07) is 7.27. The third kappa shape index (κ3) is 2.73. The average molecular weight is 271 g/mol. The second-order valence-electron chi connectivity index (χ2n) is 3.85. The predicted molar refractivity (Wildman–Crippen MR) is 60.6 cm³/mol. The van der Waals surface area contributed by atoms with Gasteiger partial charge in [0.05, 0.1) is 17.9 Å². The summed E-state index contributed by atoms with van der Waals surface area (Å²) >= 11 is 0. The fourth-order valence-electron chi connectivity index (χ4n) is 1.68. The lowest BCUT2D eigenvalue weighted by molar-refractivity contribution is -0.137. The molecule has 6 heteroatoms. The van der Waals surface area contributed by atoms with Crippen molar-refractivity contribution in [2.45, 2.75) is 12.8 Å². The van der Waals surface area contributed by atoms with Crippen molar-refractivity contribution >= 4 is 0 Å². The number of hydrogen-bond donors (Lipinski definition) is 1. The summed E-state index contributed by atoms with van der Waals surface area (Å²) in [5, 5.41) is 8.80. The Hall–Kier alpha value is -1.95. The van der Waals surface area contributed by atoms with Gasteiger partial charge in [0.2, 0.25) is 5.95 Å². The van der Waals surface area contributed by atoms with E-state index in [1.807, 2.05) is 0 Å². The SMILES string of the molecule is OCc1ccc(-c2ccccc2C(F)(F)F)nc1F. The number of aromatic nitrogens is 1. The molecule has 1 aromatic heterocycles. The van der Waals surface area contributed by atoms with Crippen LogP contribution in [0.2, 0.25) is 0 Å². The first kappa shape index (κ1) is 13.5. The summed E-state index contributed by atoms with van der Waals surface area (Å²) in [4.78, 5) is 3.46. The molecule has 2 aromatic rings. The first-order valence-electron chi connectivity index (χ1n) is 5.36. The highest BCUT2D eigenvalue weighted by molar-refractivity contribution is 5.64. The number of pyridine rings is 1. The Balaban J connectivity index is 2.57. The molecule has 0 aliphatic carbocycles. The van der Waals surface area contributed by atoms with E-state index >= 15 is 0 Å². The number of hydrogen-bond acceptors (Lipinski definition) is 2. The van der Waals surface area contributed by atoms with Crippen molar-refractivity contribution in [2.24, 2.45) is 0 Å². The van der Waals surface area contributed by atoms with E-state index in [2.05, 4.69) is 4.98 Å². The van der Waals surface area contributed by atoms with Crippen LogP contribution in [0.15, 0.2) is 36.4 Å². The van der Waals surface area contributed by atoms with E-state index in [1.165, 1.54) is 30.3 Å². The summed E-state index contributed by atoms with van der Waals surface area (Å²) in [6.07, 6.45) is -4.54. The molecule has 0 bridgehead atoms. The second-order valence-corrected chi connectivity index (χ2v) is 3.85. The monoisotopic (exact) mass is 271 g/mol. The summed E-state index contributed by atoms with van der Waals surface area (Å²) in [5.74, 6) is -0.975. The van der Waals surface area contributed by atoms with Crippen molar-refractivity contribution in [1.29, 1.82) is 0 Å². The van der Waals surface area contributed by atoms with Gasteiger partial charge in [0.1, 0.15) is 0 Å². The second kappa shape index (κ2) is 4.97. The van der Waals surface area contributed by atoms with E-state index in [-0.39, 0.29) is 16.8 Å². The quantitative estimate of drug-likeness (QED) is 0.670. The maximum Gasteiger partial charge on any atom is 0.417 e. The minimum absolute atomic E-state index is 0.0618. The highest BCUT2D eigenvalue weighted by Gasteiger charge is 2.33. The maximum atomic E-state index is 13.4. The summed E-state index contributed by atoms with van der Waals surface area (Å²) in [6.45, 7) is -0.556. The van der Waals surface area contributed by atoms with E-state index in [1.54, 1.807) is 0 Å². The molecule has 0 spiro atoms. The number of aliphatic hydroxyl groups excluding tert-OH is 1. The molecular formula is C13H9F4NO. The molecule has 0 saturated heterocycles. The Morgan fingerprint density at radius 2 is 1.74 bits per heavy atom. The van der Waals surface area contributed by atoms with Crippen LogP contribution in [0.5, 0.6) is 0 Å². The van der Waals surface area contributed by atoms with Crippen molar-refractivity contribution in [3.63, 3.8) is 0 Å². The molecule has 2 rings (SSSR count). The van der Waals surface area contributed by atoms with Crippen LogP contribution in [0.1, 0.15) is 11.1 Å². The molecule has 0 saturated carbocycles. The molecule has 1 heterocycles. The van der Waals surface area contributed by atoms with Crippen molar-refractivity contribution in [2.75, 3.05) is 0 Å². The standard InChI is InChI=1S/C13H9F4NO/c14-12-8(7-19)5-6-11(18-12)9-3-1-2-4-10(9)13(15,16)17/h1-6,19H,7H2. The fourth-order valence-corrected chi connectivity index (χ4v) is 1.68. The first-order chi connectivity index (χ1) is 8.93. The molecule has 0 atom stereocenters. The zero-order valence-electron chi connectivity index (χ0n) is 9.58. The zero-order valence-corrected chi connectivity index (χ0v) is 9.58. The van der Waals surface area contributed by atoms with Crippen molar-refractivity contribution in [1.82, 2.24) is 4.98 Å². The Kier molecular flexibility index (Phi) is 3.53. The highest BCUT2D eigenvalue weighted by Crippen LogP contribution is 2.36. The predicted octanol–water partition coefficient (Wildman–Crippen LogP) is 3.40. The largest absolute Gasteiger partial charge is 0.417 e. The van der Waals surface area contributed by atoms with Gasteiger partial charge >= 0.3 is 6.18 Å². The van der Waals surface area contributed by atoms with Crippen LogP contribution in [0, 0.1) is 5.95 Å². The number of aliphatic hydroxyl groups is 1. The van der Waals surface area contributed by atoms with E-state index in [4.69, 9.17) is 5.11 Å². The molecule has 0 aliphatic rings. The van der Waals surface area contributed by atoms with Crippen LogP contribution < -0.4 is 0 Å². The number of benzene rings is 1. The van der Waals surface area contributed by atoms with Gasteiger partial charge in [-0.1, -0.05) is 18.2 Å². The first-order valence-corrected chi connectivity index (χ1v) is 5.36. The summed E-state index contributed by atoms with van der Waals surface area (Å²) in [5.41, 5.74) is -1.26. The van der Waals surface area contributed by atoms with Crippen LogP contribution in [0.25, 0.3) is 11.3 Å². The molecule has 100 valence electrons. The molecule has 0 unspecified atom stereocenters. The average Bonchev–Trinajstić information content (AvgIpc) is 2.37. The van der Waals surface area contributed by atoms with Crippen LogP contribution in [-0.2, 0) is 12.8 Å². The lowest BCUT2D eigenvalue weighted by Gasteiger charge is -2.12. The van der Waals surface area contributed by atoms with Gasteiger partial charge < -0.3 is 5.11 Å². The lowest BCUT2D eigenvalue weighted by Crippen LogP contribution is -2.08. The van der Waals surface area contributed by atoms with Gasteiger partial charge in [-0.05, 0) is 18.2 Å². The van der Waals surface area contributed by atoms with Crippen LogP contribution in [-0.4, -0.2) is 10.1 Å². The Bertz CT molecular complexity index is 595. The number of nitrogens with zero attached hydrogens (tertiary/aromatic N) is 1. The molecule has 0 radical (unpaired) electrons. The van der Waals surface area contributed by atoms with E-state index in [0.717, 1.165) is 6.07 Å². The van der Waals surface area contributed by atoms with Gasteiger partial charge in [-0.2, -0.15) is 17.6 Å². The molecule has 0 amide bonds. The third-order valence-electron chi connectivity index (χ3n) is 2.60. The number of halogens is 4. The molecule has 2 nitrogen and oxygen atoms in total. The molecule has 1 aromatic carbocycles. The van der Waals surface area contributed by atoms with Crippen LogP contribution in [0.3, 0.4) is 0 Å². The highest BCUT2D eigenvalue weighted by atomic mass is 19.4. The third-order valence-corrected chi connectivity index (χ3v) is 2.60. The summed E-state index contributed by atoms with van der Waals surface area (Å²) in [7, 11) is 0. The van der Waals surface area contributed by atoms with Crippen molar-refractivity contribution in [3.8, 4) is 11.3 Å². The smallest absolute Gasteiger partial charge is 0.392 e. The molecular weight excluding hydrogens is 262 g/mol. The van der Waals surface area contributed by atoms with Crippen LogP contribution in [0.4, 0.5) is 17.6 Å². The van der Waals surface area contributed by atoms with Crippen molar-refractivity contribution in [3.05, 3.63) is 53.5 Å².